The number of aromatic nitrogens is 1. The van der Waals surface area contributed by atoms with E-state index in [0.717, 1.165) is 5.69 Å². The van der Waals surface area contributed by atoms with Crippen LogP contribution in [0.3, 0.4) is 0 Å². The molecule has 1 aromatic heterocycles. The summed E-state index contributed by atoms with van der Waals surface area (Å²) in [6.45, 7) is 5.29. The van der Waals surface area contributed by atoms with Gasteiger partial charge in [0.05, 0.1) is 6.54 Å². The van der Waals surface area contributed by atoms with Crippen LogP contribution in [0.5, 0.6) is 0 Å². The lowest BCUT2D eigenvalue weighted by molar-refractivity contribution is -0.141. The third-order valence-electron chi connectivity index (χ3n) is 4.92. The highest BCUT2D eigenvalue weighted by molar-refractivity contribution is 5.85. The number of fused-ring (bicyclic) bond motifs is 1. The highest BCUT2D eigenvalue weighted by Crippen LogP contribution is 2.33. The van der Waals surface area contributed by atoms with E-state index in [1.54, 1.807) is 34.9 Å². The largest absolute Gasteiger partial charge is 0.348 e. The molecule has 1 unspecified atom stereocenters. The number of rotatable bonds is 5. The van der Waals surface area contributed by atoms with Crippen LogP contribution in [-0.2, 0) is 16.1 Å². The molecule has 26 heavy (non-hydrogen) atoms. The Balaban J connectivity index is 1.94. The summed E-state index contributed by atoms with van der Waals surface area (Å²) in [5.41, 5.74) is 1.37. The summed E-state index contributed by atoms with van der Waals surface area (Å²) in [5.74, 6) is -0.542. The Morgan fingerprint density at radius 3 is 2.62 bits per heavy atom. The second-order valence-electron chi connectivity index (χ2n) is 6.40. The van der Waals surface area contributed by atoms with E-state index in [4.69, 9.17) is 0 Å². The number of amides is 2. The number of carbonyl (C=O) groups excluding carboxylic acids is 2. The molecule has 1 aromatic carbocycles. The number of likely N-dealkylation sites (N-methyl/N-ethyl adjacent to an activating group) is 1. The average Bonchev–Trinajstić information content (AvgIpc) is 3.14. The molecule has 2 amide bonds. The van der Waals surface area contributed by atoms with E-state index >= 15 is 0 Å². The third-order valence-corrected chi connectivity index (χ3v) is 4.92. The van der Waals surface area contributed by atoms with Crippen LogP contribution in [0.4, 0.5) is 4.39 Å². The van der Waals surface area contributed by atoms with Gasteiger partial charge in [0.2, 0.25) is 11.8 Å². The zero-order valence-electron chi connectivity index (χ0n) is 15.2. The molecule has 1 aliphatic heterocycles. The lowest BCUT2D eigenvalue weighted by atomic mass is 9.99. The normalized spacial score (nSPS) is 16.3. The molecule has 2 heterocycles. The predicted octanol–water partition coefficient (Wildman–Crippen LogP) is 2.82. The molecule has 0 saturated carbocycles. The molecule has 6 heteroatoms. The zero-order chi connectivity index (χ0) is 18.7. The maximum Gasteiger partial charge on any atom is 0.243 e. The summed E-state index contributed by atoms with van der Waals surface area (Å²) in [5, 5.41) is 0. The van der Waals surface area contributed by atoms with Crippen LogP contribution in [0.25, 0.3) is 0 Å². The summed E-state index contributed by atoms with van der Waals surface area (Å²) < 4.78 is 16.6. The van der Waals surface area contributed by atoms with Crippen LogP contribution in [0.2, 0.25) is 0 Å². The number of hydrogen-bond donors (Lipinski definition) is 0. The van der Waals surface area contributed by atoms with E-state index in [9.17, 15) is 14.0 Å². The van der Waals surface area contributed by atoms with Gasteiger partial charge in [-0.2, -0.15) is 0 Å². The molecule has 3 rings (SSSR count). The van der Waals surface area contributed by atoms with Crippen LogP contribution in [0.1, 0.15) is 37.6 Å². The van der Waals surface area contributed by atoms with Gasteiger partial charge in [0, 0.05) is 43.5 Å². The van der Waals surface area contributed by atoms with E-state index in [1.807, 2.05) is 25.3 Å². The van der Waals surface area contributed by atoms with Crippen molar-refractivity contribution >= 4 is 11.8 Å². The molecule has 0 bridgehead atoms. The summed E-state index contributed by atoms with van der Waals surface area (Å²) in [4.78, 5) is 28.3. The van der Waals surface area contributed by atoms with E-state index in [1.165, 1.54) is 6.07 Å². The molecule has 0 spiro atoms. The summed E-state index contributed by atoms with van der Waals surface area (Å²) in [7, 11) is 0. The monoisotopic (exact) mass is 357 g/mol. The van der Waals surface area contributed by atoms with Gasteiger partial charge >= 0.3 is 0 Å². The lowest BCUT2D eigenvalue weighted by Crippen LogP contribution is -2.48. The minimum Gasteiger partial charge on any atom is -0.348 e. The molecular formula is C20H24FN3O2. The Morgan fingerprint density at radius 1 is 1.15 bits per heavy atom. The quantitative estimate of drug-likeness (QED) is 0.826. The van der Waals surface area contributed by atoms with Gasteiger partial charge < -0.3 is 14.4 Å². The fourth-order valence-corrected chi connectivity index (χ4v) is 3.53. The molecule has 1 atom stereocenters. The molecule has 2 aromatic rings. The van der Waals surface area contributed by atoms with Crippen molar-refractivity contribution in [3.63, 3.8) is 0 Å². The SMILES string of the molecule is CCC(=O)N(CC)CC(=O)N1CCn2cccc2C1c1ccccc1F. The molecule has 0 N–H and O–H groups in total. The van der Waals surface area contributed by atoms with Gasteiger partial charge in [-0.1, -0.05) is 25.1 Å². The van der Waals surface area contributed by atoms with Crippen molar-refractivity contribution < 1.29 is 14.0 Å². The molecule has 0 aliphatic carbocycles. The zero-order valence-corrected chi connectivity index (χ0v) is 15.2. The maximum atomic E-state index is 14.5. The number of benzene rings is 1. The molecule has 1 aliphatic rings. The Bertz CT molecular complexity index is 802. The van der Waals surface area contributed by atoms with Crippen LogP contribution >= 0.6 is 0 Å². The van der Waals surface area contributed by atoms with Crippen LogP contribution in [0, 0.1) is 5.82 Å². The highest BCUT2D eigenvalue weighted by atomic mass is 19.1. The van der Waals surface area contributed by atoms with Crippen molar-refractivity contribution in [2.45, 2.75) is 32.9 Å². The van der Waals surface area contributed by atoms with Gasteiger partial charge in [-0.3, -0.25) is 9.59 Å². The first-order valence-electron chi connectivity index (χ1n) is 9.03. The first-order chi connectivity index (χ1) is 12.6. The Morgan fingerprint density at radius 2 is 1.92 bits per heavy atom. The first kappa shape index (κ1) is 18.2. The predicted molar refractivity (Wildman–Crippen MR) is 96.9 cm³/mol. The highest BCUT2D eigenvalue weighted by Gasteiger charge is 2.34. The van der Waals surface area contributed by atoms with Crippen LogP contribution in [0.15, 0.2) is 42.6 Å². The second-order valence-corrected chi connectivity index (χ2v) is 6.40. The van der Waals surface area contributed by atoms with Crippen LogP contribution < -0.4 is 0 Å². The average molecular weight is 357 g/mol. The van der Waals surface area contributed by atoms with Crippen molar-refractivity contribution in [1.29, 1.82) is 0 Å². The number of carbonyl (C=O) groups is 2. The van der Waals surface area contributed by atoms with Crippen molar-refractivity contribution in [2.24, 2.45) is 0 Å². The minimum absolute atomic E-state index is 0.0227. The standard InChI is InChI=1S/C20H24FN3O2/c1-3-18(25)22(4-2)14-19(26)24-13-12-23-11-7-10-17(23)20(24)15-8-5-6-9-16(15)21/h5-11,20H,3-4,12-14H2,1-2H3. The number of halogens is 1. The number of hydrogen-bond acceptors (Lipinski definition) is 2. The Kier molecular flexibility index (Phi) is 5.40. The lowest BCUT2D eigenvalue weighted by Gasteiger charge is -2.38. The number of nitrogens with zero attached hydrogens (tertiary/aromatic N) is 3. The fourth-order valence-electron chi connectivity index (χ4n) is 3.53. The topological polar surface area (TPSA) is 45.6 Å². The van der Waals surface area contributed by atoms with E-state index < -0.39 is 6.04 Å². The molecule has 0 fully saturated rings. The van der Waals surface area contributed by atoms with Gasteiger partial charge in [0.15, 0.2) is 0 Å². The van der Waals surface area contributed by atoms with E-state index in [-0.39, 0.29) is 24.2 Å². The molecule has 0 saturated heterocycles. The van der Waals surface area contributed by atoms with Gasteiger partial charge in [0.25, 0.3) is 0 Å². The van der Waals surface area contributed by atoms with Crippen molar-refractivity contribution in [1.82, 2.24) is 14.4 Å². The van der Waals surface area contributed by atoms with Gasteiger partial charge in [-0.15, -0.1) is 0 Å². The van der Waals surface area contributed by atoms with E-state index in [2.05, 4.69) is 4.57 Å². The van der Waals surface area contributed by atoms with Crippen molar-refractivity contribution in [3.8, 4) is 0 Å². The molecular weight excluding hydrogens is 333 g/mol. The van der Waals surface area contributed by atoms with E-state index in [0.29, 0.717) is 31.6 Å². The molecule has 5 nitrogen and oxygen atoms in total. The van der Waals surface area contributed by atoms with Crippen molar-refractivity contribution in [3.05, 3.63) is 59.7 Å². The first-order valence-corrected chi connectivity index (χ1v) is 9.03. The molecule has 138 valence electrons. The Labute approximate surface area is 153 Å². The maximum absolute atomic E-state index is 14.5. The minimum atomic E-state index is -0.483. The fraction of sp³-hybridized carbons (Fsp3) is 0.400. The summed E-state index contributed by atoms with van der Waals surface area (Å²) in [6, 6.07) is 9.91. The van der Waals surface area contributed by atoms with Gasteiger partial charge in [-0.05, 0) is 25.1 Å². The summed E-state index contributed by atoms with van der Waals surface area (Å²) >= 11 is 0. The summed E-state index contributed by atoms with van der Waals surface area (Å²) in [6.07, 6.45) is 2.31. The van der Waals surface area contributed by atoms with Gasteiger partial charge in [0.1, 0.15) is 11.9 Å². The smallest absolute Gasteiger partial charge is 0.243 e. The molecule has 0 radical (unpaired) electrons. The van der Waals surface area contributed by atoms with Crippen molar-refractivity contribution in [2.75, 3.05) is 19.6 Å². The third kappa shape index (κ3) is 3.36. The second kappa shape index (κ2) is 7.72. The van der Waals surface area contributed by atoms with Crippen LogP contribution in [-0.4, -0.2) is 45.8 Å². The van der Waals surface area contributed by atoms with Gasteiger partial charge in [-0.25, -0.2) is 4.39 Å². The Hall–Kier alpha value is -2.63.